The molecule has 1 aliphatic rings. The van der Waals surface area contributed by atoms with Crippen LogP contribution in [-0.4, -0.2) is 5.78 Å². The Morgan fingerprint density at radius 2 is 1.76 bits per heavy atom. The second kappa shape index (κ2) is 6.42. The van der Waals surface area contributed by atoms with Crippen LogP contribution in [0.2, 0.25) is 5.02 Å². The smallest absolute Gasteiger partial charge is 0.185 e. The molecule has 0 radical (unpaired) electrons. The highest BCUT2D eigenvalue weighted by Gasteiger charge is 2.20. The molecule has 0 N–H and O–H groups in total. The monoisotopic (exact) mass is 314 g/mol. The molecule has 3 rings (SSSR count). The number of halogens is 1. The van der Waals surface area contributed by atoms with Crippen molar-refractivity contribution in [3.63, 3.8) is 0 Å². The molecule has 106 valence electrons. The van der Waals surface area contributed by atoms with E-state index in [-0.39, 0.29) is 5.78 Å². The summed E-state index contributed by atoms with van der Waals surface area (Å²) >= 11 is 7.83. The molecule has 3 heteroatoms. The van der Waals surface area contributed by atoms with Gasteiger partial charge in [-0.2, -0.15) is 0 Å². The van der Waals surface area contributed by atoms with Crippen molar-refractivity contribution in [2.45, 2.75) is 19.3 Å². The van der Waals surface area contributed by atoms with E-state index in [2.05, 4.69) is 0 Å². The average Bonchev–Trinajstić information content (AvgIpc) is 2.98. The summed E-state index contributed by atoms with van der Waals surface area (Å²) in [5, 5.41) is 2.72. The van der Waals surface area contributed by atoms with Gasteiger partial charge in [0.2, 0.25) is 0 Å². The first-order chi connectivity index (χ1) is 10.2. The van der Waals surface area contributed by atoms with Gasteiger partial charge in [0.1, 0.15) is 0 Å². The average molecular weight is 315 g/mol. The van der Waals surface area contributed by atoms with Crippen LogP contribution in [0, 0.1) is 0 Å². The number of allylic oxidation sites excluding steroid dienone is 2. The lowest BCUT2D eigenvalue weighted by Gasteiger charge is -2.16. The number of carbonyl (C=O) groups excluding carboxylic acids is 1. The molecule has 1 aliphatic carbocycles. The predicted octanol–water partition coefficient (Wildman–Crippen LogP) is 5.62. The van der Waals surface area contributed by atoms with E-state index in [9.17, 15) is 4.79 Å². The molecule has 21 heavy (non-hydrogen) atoms. The Hall–Kier alpha value is -1.64. The van der Waals surface area contributed by atoms with Crippen LogP contribution in [0.4, 0.5) is 0 Å². The molecule has 1 heterocycles. The van der Waals surface area contributed by atoms with Crippen molar-refractivity contribution >= 4 is 40.9 Å². The first-order valence-corrected chi connectivity index (χ1v) is 8.24. The van der Waals surface area contributed by atoms with Crippen molar-refractivity contribution in [3.05, 3.63) is 68.4 Å². The molecule has 1 aromatic carbocycles. The third-order valence-corrected chi connectivity index (χ3v) is 4.73. The van der Waals surface area contributed by atoms with E-state index in [0.717, 1.165) is 40.8 Å². The largest absolute Gasteiger partial charge is 0.289 e. The molecule has 0 spiro atoms. The lowest BCUT2D eigenvalue weighted by molar-refractivity contribution is -0.112. The van der Waals surface area contributed by atoms with Crippen LogP contribution in [0.3, 0.4) is 0 Å². The minimum atomic E-state index is 0.162. The van der Waals surface area contributed by atoms with E-state index >= 15 is 0 Å². The fourth-order valence-electron chi connectivity index (χ4n) is 2.50. The van der Waals surface area contributed by atoms with E-state index in [1.807, 2.05) is 53.9 Å². The molecule has 1 saturated carbocycles. The highest BCUT2D eigenvalue weighted by Crippen LogP contribution is 2.30. The SMILES string of the molecule is O=C1C(=Cc2cccs2)CCCC1=Cc1ccccc1Cl. The number of ketones is 1. The van der Waals surface area contributed by atoms with Gasteiger partial charge in [-0.15, -0.1) is 11.3 Å². The minimum absolute atomic E-state index is 0.162. The van der Waals surface area contributed by atoms with Gasteiger partial charge in [-0.05, 0) is 54.5 Å². The summed E-state index contributed by atoms with van der Waals surface area (Å²) < 4.78 is 0. The van der Waals surface area contributed by atoms with Gasteiger partial charge in [0.25, 0.3) is 0 Å². The first-order valence-electron chi connectivity index (χ1n) is 6.98. The third kappa shape index (κ3) is 3.34. The Labute approximate surface area is 133 Å². The van der Waals surface area contributed by atoms with E-state index in [0.29, 0.717) is 5.02 Å². The summed E-state index contributed by atoms with van der Waals surface area (Å²) in [4.78, 5) is 13.7. The topological polar surface area (TPSA) is 17.1 Å². The van der Waals surface area contributed by atoms with Gasteiger partial charge in [-0.25, -0.2) is 0 Å². The second-order valence-corrected chi connectivity index (χ2v) is 6.45. The van der Waals surface area contributed by atoms with Crippen LogP contribution in [-0.2, 0) is 4.79 Å². The molecule has 0 atom stereocenters. The van der Waals surface area contributed by atoms with E-state index in [1.54, 1.807) is 11.3 Å². The molecule has 0 bridgehead atoms. The molecule has 0 aliphatic heterocycles. The molecule has 0 saturated heterocycles. The Morgan fingerprint density at radius 1 is 1.00 bits per heavy atom. The zero-order valence-electron chi connectivity index (χ0n) is 11.5. The van der Waals surface area contributed by atoms with Crippen LogP contribution in [0.15, 0.2) is 52.9 Å². The summed E-state index contributed by atoms with van der Waals surface area (Å²) in [7, 11) is 0. The van der Waals surface area contributed by atoms with Gasteiger partial charge in [0, 0.05) is 21.0 Å². The van der Waals surface area contributed by atoms with Crippen LogP contribution in [0.25, 0.3) is 12.2 Å². The highest BCUT2D eigenvalue weighted by molar-refractivity contribution is 7.10. The zero-order chi connectivity index (χ0) is 14.7. The Morgan fingerprint density at radius 3 is 2.48 bits per heavy atom. The van der Waals surface area contributed by atoms with Crippen molar-refractivity contribution < 1.29 is 4.79 Å². The van der Waals surface area contributed by atoms with E-state index < -0.39 is 0 Å². The number of Topliss-reactive ketones (excluding diaryl/α,β-unsaturated/α-hetero) is 1. The lowest BCUT2D eigenvalue weighted by atomic mass is 9.87. The second-order valence-electron chi connectivity index (χ2n) is 5.06. The van der Waals surface area contributed by atoms with Gasteiger partial charge < -0.3 is 0 Å². The number of hydrogen-bond donors (Lipinski definition) is 0. The van der Waals surface area contributed by atoms with Crippen molar-refractivity contribution in [1.82, 2.24) is 0 Å². The van der Waals surface area contributed by atoms with E-state index in [4.69, 9.17) is 11.6 Å². The van der Waals surface area contributed by atoms with Crippen molar-refractivity contribution in [2.24, 2.45) is 0 Å². The molecule has 1 nitrogen and oxygen atoms in total. The molecule has 1 fully saturated rings. The van der Waals surface area contributed by atoms with Crippen molar-refractivity contribution in [3.8, 4) is 0 Å². The lowest BCUT2D eigenvalue weighted by Crippen LogP contribution is -2.12. The first kappa shape index (κ1) is 14.3. The standard InChI is InChI=1S/C18H15ClOS/c19-17-9-2-1-5-13(17)11-14-6-3-7-15(18(14)20)12-16-8-4-10-21-16/h1-2,4-5,8-12H,3,6-7H2. The third-order valence-electron chi connectivity index (χ3n) is 3.57. The van der Waals surface area contributed by atoms with Gasteiger partial charge in [0.05, 0.1) is 0 Å². The fraction of sp³-hybridized carbons (Fsp3) is 0.167. The highest BCUT2D eigenvalue weighted by atomic mass is 35.5. The van der Waals surface area contributed by atoms with Gasteiger partial charge >= 0.3 is 0 Å². The van der Waals surface area contributed by atoms with Crippen LogP contribution in [0.5, 0.6) is 0 Å². The minimum Gasteiger partial charge on any atom is -0.289 e. The van der Waals surface area contributed by atoms with Crippen LogP contribution < -0.4 is 0 Å². The number of thiophene rings is 1. The number of carbonyl (C=O) groups is 1. The summed E-state index contributed by atoms with van der Waals surface area (Å²) in [5.74, 6) is 0.162. The molecule has 1 aromatic heterocycles. The molecule has 2 aromatic rings. The summed E-state index contributed by atoms with van der Waals surface area (Å²) in [6.07, 6.45) is 6.65. The zero-order valence-corrected chi connectivity index (χ0v) is 13.1. The van der Waals surface area contributed by atoms with Gasteiger partial charge in [-0.3, -0.25) is 4.79 Å². The maximum atomic E-state index is 12.6. The fourth-order valence-corrected chi connectivity index (χ4v) is 3.37. The number of rotatable bonds is 2. The normalized spacial score (nSPS) is 19.4. The summed E-state index contributed by atoms with van der Waals surface area (Å²) in [6, 6.07) is 11.7. The molecule has 0 unspecified atom stereocenters. The molecular weight excluding hydrogens is 300 g/mol. The van der Waals surface area contributed by atoms with Gasteiger partial charge in [-0.1, -0.05) is 35.9 Å². The molecule has 0 amide bonds. The van der Waals surface area contributed by atoms with Crippen LogP contribution >= 0.6 is 22.9 Å². The number of hydrogen-bond acceptors (Lipinski definition) is 2. The maximum Gasteiger partial charge on any atom is 0.185 e. The van der Waals surface area contributed by atoms with Crippen molar-refractivity contribution in [2.75, 3.05) is 0 Å². The quantitative estimate of drug-likeness (QED) is 0.657. The van der Waals surface area contributed by atoms with Crippen molar-refractivity contribution in [1.29, 1.82) is 0 Å². The van der Waals surface area contributed by atoms with Crippen LogP contribution in [0.1, 0.15) is 29.7 Å². The Bertz CT molecular complexity index is 711. The number of benzene rings is 1. The summed E-state index contributed by atoms with van der Waals surface area (Å²) in [6.45, 7) is 0. The maximum absolute atomic E-state index is 12.6. The molecular formula is C18H15ClOS. The summed E-state index contributed by atoms with van der Waals surface area (Å²) in [5.41, 5.74) is 2.68. The predicted molar refractivity (Wildman–Crippen MR) is 90.6 cm³/mol. The Balaban J connectivity index is 1.91. The van der Waals surface area contributed by atoms with Gasteiger partial charge in [0.15, 0.2) is 5.78 Å². The Kier molecular flexibility index (Phi) is 4.37. The van der Waals surface area contributed by atoms with E-state index in [1.165, 1.54) is 0 Å².